The van der Waals surface area contributed by atoms with Crippen molar-refractivity contribution in [2.75, 3.05) is 69.1 Å². The van der Waals surface area contributed by atoms with Crippen LogP contribution in [-0.4, -0.2) is 98.6 Å². The molecule has 0 saturated heterocycles. The summed E-state index contributed by atoms with van der Waals surface area (Å²) in [5, 5.41) is 0. The molecule has 14 heteroatoms. The van der Waals surface area contributed by atoms with E-state index in [-0.39, 0.29) is 49.7 Å². The van der Waals surface area contributed by atoms with Crippen molar-refractivity contribution in [1.29, 1.82) is 0 Å². The van der Waals surface area contributed by atoms with Crippen LogP contribution in [0.4, 0.5) is 0 Å². The fraction of sp³-hybridized carbons (Fsp3) is 0.571. The topological polar surface area (TPSA) is 126 Å². The zero-order valence-corrected chi connectivity index (χ0v) is 36.8. The predicted octanol–water partition coefficient (Wildman–Crippen LogP) is 8.23. The smallest absolute Gasteiger partial charge is 0.490 e. The third-order valence-corrected chi connectivity index (χ3v) is 15.9. The molecule has 12 nitrogen and oxygen atoms in total. The number of hydrogen-bond acceptors (Lipinski definition) is 12. The number of carbonyl (C=O) groups excluding carboxylic acids is 2. The van der Waals surface area contributed by atoms with Crippen molar-refractivity contribution in [3.8, 4) is 22.6 Å². The van der Waals surface area contributed by atoms with Crippen molar-refractivity contribution >= 4 is 29.5 Å². The first-order chi connectivity index (χ1) is 26.9. The Bertz CT molecular complexity index is 1480. The largest absolute Gasteiger partial charge is 0.504 e. The van der Waals surface area contributed by atoms with Crippen molar-refractivity contribution in [2.24, 2.45) is 5.92 Å². The first kappa shape index (κ1) is 47.0. The summed E-state index contributed by atoms with van der Waals surface area (Å²) in [6.07, 6.45) is 10.4. The molecule has 0 atom stereocenters. The van der Waals surface area contributed by atoms with Crippen molar-refractivity contribution in [3.63, 3.8) is 0 Å². The van der Waals surface area contributed by atoms with E-state index in [1.165, 1.54) is 105 Å². The molecule has 0 aromatic heterocycles. The lowest BCUT2D eigenvalue weighted by Crippen LogP contribution is -2.43. The second-order valence-corrected chi connectivity index (χ2v) is 20.0. The van der Waals surface area contributed by atoms with E-state index in [1.807, 2.05) is 12.1 Å². The molecule has 1 fully saturated rings. The standard InChI is InChI=1S/C42H64O12Si2/c1-11-12-13-14-34-15-17-35(18-16-34)40-20-19-36(25-31(40)2)37-26-38(51-21-23-53-41(43)32(3)29-55(45-5,46-6)47-7)28-39(27-37)52-22-24-54-42(44)33(4)30-56(48-8,49-9)50-10/h19-20,25-28,34-35H,3-4,11-18,21-24,29-30H2,1-2,5-10H3. The lowest BCUT2D eigenvalue weighted by molar-refractivity contribution is -0.140. The minimum atomic E-state index is -3.05. The highest BCUT2D eigenvalue weighted by Crippen LogP contribution is 2.40. The molecule has 0 spiro atoms. The van der Waals surface area contributed by atoms with E-state index in [0.29, 0.717) is 17.4 Å². The van der Waals surface area contributed by atoms with Crippen molar-refractivity contribution < 1.29 is 55.1 Å². The maximum atomic E-state index is 12.7. The molecular formula is C42H64O12Si2. The summed E-state index contributed by atoms with van der Waals surface area (Å²) in [6.45, 7) is 12.2. The van der Waals surface area contributed by atoms with Crippen LogP contribution in [0.2, 0.25) is 12.1 Å². The lowest BCUT2D eigenvalue weighted by atomic mass is 9.76. The van der Waals surface area contributed by atoms with Crippen LogP contribution < -0.4 is 9.47 Å². The van der Waals surface area contributed by atoms with Gasteiger partial charge in [0.05, 0.1) is 0 Å². The number of hydrogen-bond donors (Lipinski definition) is 0. The first-order valence-corrected chi connectivity index (χ1v) is 23.3. The highest BCUT2D eigenvalue weighted by Gasteiger charge is 2.41. The summed E-state index contributed by atoms with van der Waals surface area (Å²) in [5.74, 6) is 1.29. The average Bonchev–Trinajstić information content (AvgIpc) is 3.22. The van der Waals surface area contributed by atoms with E-state index in [2.05, 4.69) is 45.2 Å². The number of unbranched alkanes of at least 4 members (excludes halogenated alkanes) is 2. The number of benzene rings is 2. The Hall–Kier alpha value is -3.35. The zero-order valence-electron chi connectivity index (χ0n) is 34.8. The Balaban J connectivity index is 1.70. The maximum Gasteiger partial charge on any atom is 0.504 e. The third-order valence-electron chi connectivity index (χ3n) is 10.5. The van der Waals surface area contributed by atoms with Crippen LogP contribution in [0.3, 0.4) is 0 Å². The fourth-order valence-corrected chi connectivity index (χ4v) is 10.3. The summed E-state index contributed by atoms with van der Waals surface area (Å²) in [7, 11) is 2.73. The summed E-state index contributed by atoms with van der Waals surface area (Å²) in [5.41, 5.74) is 4.95. The van der Waals surface area contributed by atoms with Crippen LogP contribution in [0.5, 0.6) is 11.5 Å². The summed E-state index contributed by atoms with van der Waals surface area (Å²) < 4.78 is 55.4. The second-order valence-electron chi connectivity index (χ2n) is 14.1. The van der Waals surface area contributed by atoms with E-state index >= 15 is 0 Å². The van der Waals surface area contributed by atoms with Crippen molar-refractivity contribution in [3.05, 3.63) is 71.8 Å². The Morgan fingerprint density at radius 3 is 1.55 bits per heavy atom. The first-order valence-electron chi connectivity index (χ1n) is 19.4. The molecule has 0 radical (unpaired) electrons. The number of aryl methyl sites for hydroxylation is 1. The van der Waals surface area contributed by atoms with Gasteiger partial charge in [0, 0.05) is 72.0 Å². The van der Waals surface area contributed by atoms with Crippen molar-refractivity contribution in [2.45, 2.75) is 83.2 Å². The molecule has 56 heavy (non-hydrogen) atoms. The summed E-state index contributed by atoms with van der Waals surface area (Å²) >= 11 is 0. The van der Waals surface area contributed by atoms with Crippen LogP contribution in [-0.2, 0) is 45.6 Å². The SMILES string of the molecule is C=C(C[Si](OC)(OC)OC)C(=O)OCCOc1cc(OCCOC(=O)C(=C)C[Si](OC)(OC)OC)cc(-c2ccc(C3CCC(CCCCC)CC3)c(C)c2)c1. The second kappa shape index (κ2) is 23.8. The molecule has 3 rings (SSSR count). The summed E-state index contributed by atoms with van der Waals surface area (Å²) in [4.78, 5) is 25.3. The minimum Gasteiger partial charge on any atom is -0.490 e. The number of rotatable bonds is 26. The predicted molar refractivity (Wildman–Crippen MR) is 220 cm³/mol. The van der Waals surface area contributed by atoms with E-state index in [4.69, 9.17) is 45.5 Å². The molecular weight excluding hydrogens is 753 g/mol. The number of ether oxygens (including phenoxy) is 4. The normalized spacial score (nSPS) is 15.9. The van der Waals surface area contributed by atoms with Crippen LogP contribution in [0.25, 0.3) is 11.1 Å². The molecule has 0 heterocycles. The van der Waals surface area contributed by atoms with Gasteiger partial charge in [0.1, 0.15) is 37.9 Å². The van der Waals surface area contributed by atoms with Gasteiger partial charge in [-0.3, -0.25) is 0 Å². The fourth-order valence-electron chi connectivity index (χ4n) is 7.06. The molecule has 0 amide bonds. The molecule has 2 aromatic carbocycles. The quantitative estimate of drug-likeness (QED) is 0.0393. The minimum absolute atomic E-state index is 0.0202. The molecule has 312 valence electrons. The lowest BCUT2D eigenvalue weighted by Gasteiger charge is -2.30. The monoisotopic (exact) mass is 816 g/mol. The molecule has 1 aliphatic rings. The number of carbonyl (C=O) groups is 2. The van der Waals surface area contributed by atoms with Gasteiger partial charge in [-0.15, -0.1) is 0 Å². The van der Waals surface area contributed by atoms with Gasteiger partial charge in [0.2, 0.25) is 0 Å². The van der Waals surface area contributed by atoms with Gasteiger partial charge in [-0.1, -0.05) is 64.0 Å². The highest BCUT2D eigenvalue weighted by atomic mass is 28.4. The van der Waals surface area contributed by atoms with Gasteiger partial charge in [-0.05, 0) is 78.8 Å². The molecule has 0 bridgehead atoms. The highest BCUT2D eigenvalue weighted by molar-refractivity contribution is 6.62. The molecule has 2 aromatic rings. The third kappa shape index (κ3) is 13.9. The van der Waals surface area contributed by atoms with Gasteiger partial charge < -0.3 is 45.5 Å². The average molecular weight is 817 g/mol. The van der Waals surface area contributed by atoms with Gasteiger partial charge in [0.15, 0.2) is 0 Å². The molecule has 1 aliphatic carbocycles. The summed E-state index contributed by atoms with van der Waals surface area (Å²) in [6, 6.07) is 12.4. The Kier molecular flexibility index (Phi) is 20.0. The zero-order chi connectivity index (χ0) is 41.1. The molecule has 0 N–H and O–H groups in total. The van der Waals surface area contributed by atoms with E-state index < -0.39 is 29.5 Å². The van der Waals surface area contributed by atoms with Crippen molar-refractivity contribution in [1.82, 2.24) is 0 Å². The van der Waals surface area contributed by atoms with E-state index in [9.17, 15) is 9.59 Å². The molecule has 1 saturated carbocycles. The van der Waals surface area contributed by atoms with Crippen LogP contribution in [0.1, 0.15) is 75.3 Å². The Morgan fingerprint density at radius 2 is 1.12 bits per heavy atom. The molecule has 0 unspecified atom stereocenters. The van der Waals surface area contributed by atoms with Gasteiger partial charge in [0.25, 0.3) is 0 Å². The van der Waals surface area contributed by atoms with Crippen LogP contribution in [0, 0.1) is 12.8 Å². The van der Waals surface area contributed by atoms with Gasteiger partial charge in [-0.2, -0.15) is 0 Å². The van der Waals surface area contributed by atoms with E-state index in [0.717, 1.165) is 17.0 Å². The van der Waals surface area contributed by atoms with Gasteiger partial charge in [-0.25, -0.2) is 9.59 Å². The van der Waals surface area contributed by atoms with Gasteiger partial charge >= 0.3 is 29.5 Å². The Morgan fingerprint density at radius 1 is 0.643 bits per heavy atom. The molecule has 0 aliphatic heterocycles. The Labute approximate surface area is 336 Å². The maximum absolute atomic E-state index is 12.7. The van der Waals surface area contributed by atoms with Crippen LogP contribution in [0.15, 0.2) is 60.7 Å². The van der Waals surface area contributed by atoms with E-state index in [1.54, 1.807) is 6.07 Å². The number of esters is 2. The van der Waals surface area contributed by atoms with Crippen LogP contribution >= 0.6 is 0 Å².